The fourth-order valence-corrected chi connectivity index (χ4v) is 4.23. The van der Waals surface area contributed by atoms with Crippen molar-refractivity contribution in [2.75, 3.05) is 16.2 Å². The van der Waals surface area contributed by atoms with Gasteiger partial charge in [0.2, 0.25) is 0 Å². The van der Waals surface area contributed by atoms with E-state index in [4.69, 9.17) is 4.74 Å². The predicted octanol–water partition coefficient (Wildman–Crippen LogP) is 4.40. The van der Waals surface area contributed by atoms with Crippen molar-refractivity contribution in [3.05, 3.63) is 78.1 Å². The molecule has 4 rings (SSSR count). The summed E-state index contributed by atoms with van der Waals surface area (Å²) in [5, 5.41) is 0. The molecule has 0 aromatic heterocycles. The zero-order valence-corrected chi connectivity index (χ0v) is 16.2. The van der Waals surface area contributed by atoms with Crippen LogP contribution in [0.5, 0.6) is 11.5 Å². The van der Waals surface area contributed by atoms with Crippen molar-refractivity contribution in [1.82, 2.24) is 0 Å². The van der Waals surface area contributed by atoms with Crippen LogP contribution in [-0.4, -0.2) is 20.9 Å². The molecule has 1 heterocycles. The van der Waals surface area contributed by atoms with Crippen LogP contribution in [-0.2, 0) is 10.0 Å². The summed E-state index contributed by atoms with van der Waals surface area (Å²) in [6.45, 7) is 2.26. The monoisotopic (exact) mass is 412 g/mol. The summed E-state index contributed by atoms with van der Waals surface area (Å²) in [4.78, 5) is 14.4. The maximum absolute atomic E-state index is 13.4. The van der Waals surface area contributed by atoms with E-state index in [9.17, 15) is 17.6 Å². The van der Waals surface area contributed by atoms with Gasteiger partial charge in [-0.2, -0.15) is 0 Å². The molecular weight excluding hydrogens is 395 g/mol. The maximum atomic E-state index is 13.4. The number of halogens is 1. The molecule has 0 aliphatic carbocycles. The molecule has 1 amide bonds. The number of hydrogen-bond acceptors (Lipinski definition) is 4. The Bertz CT molecular complexity index is 1210. The molecule has 6 nitrogen and oxygen atoms in total. The summed E-state index contributed by atoms with van der Waals surface area (Å²) in [7, 11) is -4.02. The molecule has 29 heavy (non-hydrogen) atoms. The molecule has 0 fully saturated rings. The molecule has 0 unspecified atom stereocenters. The summed E-state index contributed by atoms with van der Waals surface area (Å²) in [6, 6.07) is 16.3. The van der Waals surface area contributed by atoms with E-state index in [1.807, 2.05) is 19.1 Å². The first kappa shape index (κ1) is 18.9. The molecule has 0 spiro atoms. The number of nitrogens with one attached hydrogen (secondary N) is 1. The van der Waals surface area contributed by atoms with Gasteiger partial charge in [-0.05, 0) is 55.5 Å². The summed E-state index contributed by atoms with van der Waals surface area (Å²) in [5.41, 5.74) is 1.03. The van der Waals surface area contributed by atoms with E-state index in [1.54, 1.807) is 17.0 Å². The fraction of sp³-hybridized carbons (Fsp3) is 0.0952. The minimum atomic E-state index is -4.02. The number of carbonyl (C=O) groups excluding carboxylic acids is 1. The van der Waals surface area contributed by atoms with Gasteiger partial charge in [0, 0.05) is 12.2 Å². The Kier molecular flexibility index (Phi) is 4.71. The van der Waals surface area contributed by atoms with Crippen molar-refractivity contribution in [2.45, 2.75) is 11.8 Å². The van der Waals surface area contributed by atoms with Crippen LogP contribution in [0.1, 0.15) is 17.3 Å². The van der Waals surface area contributed by atoms with Gasteiger partial charge in [0.05, 0.1) is 16.1 Å². The molecule has 1 aliphatic rings. The van der Waals surface area contributed by atoms with E-state index in [0.29, 0.717) is 23.7 Å². The Morgan fingerprint density at radius 3 is 2.55 bits per heavy atom. The van der Waals surface area contributed by atoms with Gasteiger partial charge in [-0.3, -0.25) is 9.52 Å². The number of hydrogen-bond donors (Lipinski definition) is 1. The molecule has 3 aromatic carbocycles. The van der Waals surface area contributed by atoms with Crippen LogP contribution in [0, 0.1) is 5.82 Å². The second-order valence-electron chi connectivity index (χ2n) is 6.39. The number of ether oxygens (including phenoxy) is 1. The van der Waals surface area contributed by atoms with Crippen LogP contribution < -0.4 is 14.4 Å². The van der Waals surface area contributed by atoms with E-state index in [0.717, 1.165) is 12.1 Å². The Balaban J connectivity index is 1.73. The Labute approximate surface area is 167 Å². The van der Waals surface area contributed by atoms with E-state index < -0.39 is 15.8 Å². The molecule has 0 saturated heterocycles. The molecule has 8 heteroatoms. The van der Waals surface area contributed by atoms with Gasteiger partial charge in [-0.15, -0.1) is 0 Å². The van der Waals surface area contributed by atoms with Gasteiger partial charge in [0.1, 0.15) is 11.6 Å². The third-order valence-electron chi connectivity index (χ3n) is 4.51. The first-order valence-corrected chi connectivity index (χ1v) is 10.4. The number of anilines is 2. The third kappa shape index (κ3) is 3.54. The van der Waals surface area contributed by atoms with Crippen LogP contribution in [0.15, 0.2) is 71.6 Å². The number of amides is 1. The van der Waals surface area contributed by atoms with Crippen molar-refractivity contribution in [1.29, 1.82) is 0 Å². The van der Waals surface area contributed by atoms with E-state index in [1.165, 1.54) is 30.3 Å². The van der Waals surface area contributed by atoms with Crippen molar-refractivity contribution in [3.63, 3.8) is 0 Å². The molecule has 3 aromatic rings. The maximum Gasteiger partial charge on any atom is 0.262 e. The first-order valence-electron chi connectivity index (χ1n) is 8.90. The first-order chi connectivity index (χ1) is 13.9. The van der Waals surface area contributed by atoms with Gasteiger partial charge in [0.25, 0.3) is 15.9 Å². The zero-order valence-electron chi connectivity index (χ0n) is 15.4. The van der Waals surface area contributed by atoms with Gasteiger partial charge in [-0.1, -0.05) is 18.2 Å². The lowest BCUT2D eigenvalue weighted by Crippen LogP contribution is -2.29. The average molecular weight is 412 g/mol. The second-order valence-corrected chi connectivity index (χ2v) is 8.08. The second kappa shape index (κ2) is 7.21. The highest BCUT2D eigenvalue weighted by molar-refractivity contribution is 7.92. The fourth-order valence-electron chi connectivity index (χ4n) is 3.15. The molecule has 0 bridgehead atoms. The predicted molar refractivity (Wildman–Crippen MR) is 108 cm³/mol. The lowest BCUT2D eigenvalue weighted by Gasteiger charge is -2.19. The van der Waals surface area contributed by atoms with E-state index in [-0.39, 0.29) is 22.1 Å². The quantitative estimate of drug-likeness (QED) is 0.689. The lowest BCUT2D eigenvalue weighted by molar-refractivity contribution is 0.0988. The van der Waals surface area contributed by atoms with Gasteiger partial charge < -0.3 is 9.64 Å². The molecule has 1 aliphatic heterocycles. The molecule has 0 saturated carbocycles. The topological polar surface area (TPSA) is 75.7 Å². The lowest BCUT2D eigenvalue weighted by atomic mass is 10.1. The van der Waals surface area contributed by atoms with Crippen LogP contribution in [0.4, 0.5) is 15.8 Å². The zero-order chi connectivity index (χ0) is 20.6. The van der Waals surface area contributed by atoms with Gasteiger partial charge >= 0.3 is 0 Å². The SMILES string of the molecule is CCN1C(=O)c2cc(NS(=O)(=O)c3cccc(F)c3)ccc2Oc2ccccc21. The number of carbonyl (C=O) groups is 1. The minimum absolute atomic E-state index is 0.173. The highest BCUT2D eigenvalue weighted by Gasteiger charge is 2.28. The smallest absolute Gasteiger partial charge is 0.262 e. The number of sulfonamides is 1. The molecule has 0 radical (unpaired) electrons. The Morgan fingerprint density at radius 2 is 1.79 bits per heavy atom. The van der Waals surface area contributed by atoms with Gasteiger partial charge in [-0.25, -0.2) is 12.8 Å². The Hall–Kier alpha value is -3.39. The number of rotatable bonds is 4. The van der Waals surface area contributed by atoms with Crippen molar-refractivity contribution in [2.24, 2.45) is 0 Å². The summed E-state index contributed by atoms with van der Waals surface area (Å²) >= 11 is 0. The Morgan fingerprint density at radius 1 is 1.00 bits per heavy atom. The highest BCUT2D eigenvalue weighted by Crippen LogP contribution is 2.39. The van der Waals surface area contributed by atoms with Crippen molar-refractivity contribution < 1.29 is 22.3 Å². The molecule has 1 N–H and O–H groups in total. The van der Waals surface area contributed by atoms with Crippen LogP contribution in [0.2, 0.25) is 0 Å². The summed E-state index contributed by atoms with van der Waals surface area (Å²) < 4.78 is 46.8. The number of nitrogens with zero attached hydrogens (tertiary/aromatic N) is 1. The largest absolute Gasteiger partial charge is 0.454 e. The van der Waals surface area contributed by atoms with Gasteiger partial charge in [0.15, 0.2) is 5.75 Å². The molecular formula is C21H17FN2O4S. The standard InChI is InChI=1S/C21H17FN2O4S/c1-2-24-18-8-3-4-9-20(18)28-19-11-10-15(13-17(19)21(24)25)23-29(26,27)16-7-5-6-14(22)12-16/h3-13,23H,2H2,1H3. The number of para-hydroxylation sites is 2. The normalized spacial score (nSPS) is 13.2. The van der Waals surface area contributed by atoms with E-state index in [2.05, 4.69) is 4.72 Å². The van der Waals surface area contributed by atoms with Crippen molar-refractivity contribution in [3.8, 4) is 11.5 Å². The molecule has 0 atom stereocenters. The van der Waals surface area contributed by atoms with Crippen LogP contribution in [0.25, 0.3) is 0 Å². The third-order valence-corrected chi connectivity index (χ3v) is 5.88. The van der Waals surface area contributed by atoms with E-state index >= 15 is 0 Å². The van der Waals surface area contributed by atoms with Crippen LogP contribution in [0.3, 0.4) is 0 Å². The number of benzene rings is 3. The van der Waals surface area contributed by atoms with Crippen molar-refractivity contribution >= 4 is 27.3 Å². The highest BCUT2D eigenvalue weighted by atomic mass is 32.2. The number of fused-ring (bicyclic) bond motifs is 2. The average Bonchev–Trinajstić information content (AvgIpc) is 2.81. The summed E-state index contributed by atoms with van der Waals surface area (Å²) in [5.74, 6) is -0.101. The minimum Gasteiger partial charge on any atom is -0.454 e. The molecule has 148 valence electrons. The van der Waals surface area contributed by atoms with Crippen LogP contribution >= 0.6 is 0 Å². The summed E-state index contributed by atoms with van der Waals surface area (Å²) in [6.07, 6.45) is 0.